The molecule has 0 aliphatic heterocycles. The third-order valence-corrected chi connectivity index (χ3v) is 5.87. The summed E-state index contributed by atoms with van der Waals surface area (Å²) in [5, 5.41) is 16.4. The van der Waals surface area contributed by atoms with Crippen LogP contribution < -0.4 is 10.6 Å². The van der Waals surface area contributed by atoms with Crippen molar-refractivity contribution in [3.8, 4) is 0 Å². The monoisotopic (exact) mass is 384 g/mol. The van der Waals surface area contributed by atoms with Crippen molar-refractivity contribution in [2.75, 3.05) is 0 Å². The highest BCUT2D eigenvalue weighted by molar-refractivity contribution is 5.80. The predicted molar refractivity (Wildman–Crippen MR) is 106 cm³/mol. The molecule has 1 aromatic heterocycles. The number of hydrogen-bond donors (Lipinski definition) is 3. The standard InChI is InChI=1S/C21H28N4O3/c1-13-22-16-4-2-3-5-18(16)25(13)11-10-20(27)24-17-9-6-14(12-19(17)26)21(28)23-15-7-8-15/h2-5,14-15,17,19,26H,6-12H2,1H3,(H,23,28)(H,24,27)/t14-,17+,19+/m0/s1. The normalized spacial score (nSPS) is 24.9. The van der Waals surface area contributed by atoms with Crippen LogP contribution in [0.3, 0.4) is 0 Å². The smallest absolute Gasteiger partial charge is 0.223 e. The molecule has 2 aromatic rings. The van der Waals surface area contributed by atoms with Gasteiger partial charge in [-0.2, -0.15) is 0 Å². The summed E-state index contributed by atoms with van der Waals surface area (Å²) in [6.07, 6.45) is 3.51. The van der Waals surface area contributed by atoms with E-state index in [0.29, 0.717) is 38.3 Å². The van der Waals surface area contributed by atoms with Gasteiger partial charge >= 0.3 is 0 Å². The lowest BCUT2D eigenvalue weighted by Gasteiger charge is -2.33. The largest absolute Gasteiger partial charge is 0.391 e. The summed E-state index contributed by atoms with van der Waals surface area (Å²) in [5.41, 5.74) is 1.95. The van der Waals surface area contributed by atoms with Gasteiger partial charge in [0.2, 0.25) is 11.8 Å². The van der Waals surface area contributed by atoms with E-state index in [1.54, 1.807) is 0 Å². The Morgan fingerprint density at radius 2 is 1.96 bits per heavy atom. The van der Waals surface area contributed by atoms with Gasteiger partial charge in [-0.25, -0.2) is 4.98 Å². The number of para-hydroxylation sites is 2. The van der Waals surface area contributed by atoms with Crippen molar-refractivity contribution in [1.82, 2.24) is 20.2 Å². The lowest BCUT2D eigenvalue weighted by atomic mass is 9.83. The number of carbonyl (C=O) groups is 2. The highest BCUT2D eigenvalue weighted by atomic mass is 16.3. The molecule has 150 valence electrons. The molecule has 7 heteroatoms. The van der Waals surface area contributed by atoms with Crippen LogP contribution in [0.1, 0.15) is 44.3 Å². The predicted octanol–water partition coefficient (Wildman–Crippen LogP) is 1.66. The van der Waals surface area contributed by atoms with Gasteiger partial charge in [-0.15, -0.1) is 0 Å². The van der Waals surface area contributed by atoms with E-state index in [4.69, 9.17) is 0 Å². The molecule has 0 radical (unpaired) electrons. The van der Waals surface area contributed by atoms with Crippen LogP contribution in [-0.4, -0.2) is 44.7 Å². The van der Waals surface area contributed by atoms with Crippen molar-refractivity contribution in [3.63, 3.8) is 0 Å². The zero-order valence-electron chi connectivity index (χ0n) is 16.2. The topological polar surface area (TPSA) is 96.2 Å². The summed E-state index contributed by atoms with van der Waals surface area (Å²) in [4.78, 5) is 29.1. The molecule has 1 aromatic carbocycles. The fraction of sp³-hybridized carbons (Fsp3) is 0.571. The summed E-state index contributed by atoms with van der Waals surface area (Å²) in [5.74, 6) is 0.704. The van der Waals surface area contributed by atoms with Gasteiger partial charge in [0.25, 0.3) is 0 Å². The zero-order valence-corrected chi connectivity index (χ0v) is 16.2. The van der Waals surface area contributed by atoms with Crippen LogP contribution in [0, 0.1) is 12.8 Å². The van der Waals surface area contributed by atoms with Gasteiger partial charge in [0.15, 0.2) is 0 Å². The summed E-state index contributed by atoms with van der Waals surface area (Å²) in [6, 6.07) is 7.95. The number of aromatic nitrogens is 2. The quantitative estimate of drug-likeness (QED) is 0.706. The second-order valence-corrected chi connectivity index (χ2v) is 8.08. The number of benzene rings is 1. The molecule has 7 nitrogen and oxygen atoms in total. The maximum absolute atomic E-state index is 12.4. The number of hydrogen-bond acceptors (Lipinski definition) is 4. The maximum Gasteiger partial charge on any atom is 0.223 e. The molecule has 2 saturated carbocycles. The van der Waals surface area contributed by atoms with Crippen LogP contribution in [0.5, 0.6) is 0 Å². The van der Waals surface area contributed by atoms with Crippen LogP contribution in [0.2, 0.25) is 0 Å². The number of aliphatic hydroxyl groups excluding tert-OH is 1. The molecule has 2 aliphatic carbocycles. The molecule has 3 N–H and O–H groups in total. The van der Waals surface area contributed by atoms with E-state index >= 15 is 0 Å². The number of aryl methyl sites for hydroxylation is 2. The summed E-state index contributed by atoms with van der Waals surface area (Å²) in [7, 11) is 0. The number of fused-ring (bicyclic) bond motifs is 1. The Bertz CT molecular complexity index is 874. The van der Waals surface area contributed by atoms with Gasteiger partial charge < -0.3 is 20.3 Å². The van der Waals surface area contributed by atoms with Crippen LogP contribution >= 0.6 is 0 Å². The van der Waals surface area contributed by atoms with E-state index in [2.05, 4.69) is 15.6 Å². The van der Waals surface area contributed by atoms with Crippen molar-refractivity contribution in [2.24, 2.45) is 5.92 Å². The van der Waals surface area contributed by atoms with Gasteiger partial charge in [0.1, 0.15) is 5.82 Å². The first kappa shape index (κ1) is 18.9. The average Bonchev–Trinajstić information content (AvgIpc) is 3.42. The molecule has 28 heavy (non-hydrogen) atoms. The number of amides is 2. The molecule has 2 fully saturated rings. The molecule has 2 amide bonds. The Morgan fingerprint density at radius 3 is 2.71 bits per heavy atom. The Morgan fingerprint density at radius 1 is 1.18 bits per heavy atom. The van der Waals surface area contributed by atoms with Gasteiger partial charge in [0, 0.05) is 24.9 Å². The number of rotatable bonds is 6. The first-order valence-electron chi connectivity index (χ1n) is 10.2. The number of aliphatic hydroxyl groups is 1. The Labute approximate surface area is 164 Å². The van der Waals surface area contributed by atoms with E-state index in [-0.39, 0.29) is 23.8 Å². The highest BCUT2D eigenvalue weighted by Gasteiger charge is 2.35. The molecule has 0 bridgehead atoms. The zero-order chi connectivity index (χ0) is 19.7. The third kappa shape index (κ3) is 4.19. The second-order valence-electron chi connectivity index (χ2n) is 8.08. The van der Waals surface area contributed by atoms with Crippen LogP contribution in [-0.2, 0) is 16.1 Å². The van der Waals surface area contributed by atoms with E-state index in [9.17, 15) is 14.7 Å². The van der Waals surface area contributed by atoms with Gasteiger partial charge in [-0.1, -0.05) is 12.1 Å². The molecule has 0 unspecified atom stereocenters. The molecule has 4 rings (SSSR count). The van der Waals surface area contributed by atoms with E-state index in [1.807, 2.05) is 35.8 Å². The molecule has 3 atom stereocenters. The number of nitrogens with zero attached hydrogens (tertiary/aromatic N) is 2. The van der Waals surface area contributed by atoms with E-state index in [0.717, 1.165) is 29.7 Å². The molecule has 2 aliphatic rings. The average molecular weight is 384 g/mol. The fourth-order valence-corrected chi connectivity index (χ4v) is 4.07. The van der Waals surface area contributed by atoms with Crippen molar-refractivity contribution in [1.29, 1.82) is 0 Å². The third-order valence-electron chi connectivity index (χ3n) is 5.87. The Balaban J connectivity index is 1.28. The van der Waals surface area contributed by atoms with Crippen molar-refractivity contribution in [3.05, 3.63) is 30.1 Å². The maximum atomic E-state index is 12.4. The lowest BCUT2D eigenvalue weighted by Crippen LogP contribution is -2.49. The van der Waals surface area contributed by atoms with Gasteiger partial charge in [0.05, 0.1) is 23.2 Å². The van der Waals surface area contributed by atoms with Crippen LogP contribution in [0.15, 0.2) is 24.3 Å². The minimum Gasteiger partial charge on any atom is -0.391 e. The summed E-state index contributed by atoms with van der Waals surface area (Å²) < 4.78 is 2.05. The minimum absolute atomic E-state index is 0.0498. The molecule has 0 spiro atoms. The first-order valence-corrected chi connectivity index (χ1v) is 10.2. The van der Waals surface area contributed by atoms with Crippen LogP contribution in [0.25, 0.3) is 11.0 Å². The second kappa shape index (κ2) is 7.91. The molecule has 0 saturated heterocycles. The highest BCUT2D eigenvalue weighted by Crippen LogP contribution is 2.27. The minimum atomic E-state index is -0.677. The van der Waals surface area contributed by atoms with Crippen molar-refractivity contribution >= 4 is 22.8 Å². The Hall–Kier alpha value is -2.41. The first-order chi connectivity index (χ1) is 13.5. The fourth-order valence-electron chi connectivity index (χ4n) is 4.07. The Kier molecular flexibility index (Phi) is 5.35. The number of nitrogens with one attached hydrogen (secondary N) is 2. The van der Waals surface area contributed by atoms with Gasteiger partial charge in [-0.05, 0) is 51.2 Å². The summed E-state index contributed by atoms with van der Waals surface area (Å²) in [6.45, 7) is 2.49. The molecular weight excluding hydrogens is 356 g/mol. The van der Waals surface area contributed by atoms with Crippen LogP contribution in [0.4, 0.5) is 0 Å². The van der Waals surface area contributed by atoms with E-state index < -0.39 is 6.10 Å². The van der Waals surface area contributed by atoms with E-state index in [1.165, 1.54) is 0 Å². The van der Waals surface area contributed by atoms with Crippen molar-refractivity contribution in [2.45, 2.75) is 70.2 Å². The summed E-state index contributed by atoms with van der Waals surface area (Å²) >= 11 is 0. The van der Waals surface area contributed by atoms with Crippen molar-refractivity contribution < 1.29 is 14.7 Å². The molecular formula is C21H28N4O3. The SMILES string of the molecule is Cc1nc2ccccc2n1CCC(=O)N[C@@H]1CC[C@H](C(=O)NC2CC2)C[C@H]1O. The number of carbonyl (C=O) groups excluding carboxylic acids is 2. The lowest BCUT2D eigenvalue weighted by molar-refractivity contribution is -0.128. The van der Waals surface area contributed by atoms with Gasteiger partial charge in [-0.3, -0.25) is 9.59 Å². The molecule has 1 heterocycles. The number of imidazole rings is 1.